The molecule has 0 atom stereocenters. The minimum Gasteiger partial charge on any atom is -0.489 e. The van der Waals surface area contributed by atoms with Gasteiger partial charge in [-0.05, 0) is 59.7 Å². The van der Waals surface area contributed by atoms with Gasteiger partial charge in [-0.2, -0.15) is 0 Å². The molecule has 1 amide bonds. The molecule has 0 saturated heterocycles. The lowest BCUT2D eigenvalue weighted by Crippen LogP contribution is -2.07. The minimum atomic E-state index is -0.571. The number of ether oxygens (including phenoxy) is 1. The summed E-state index contributed by atoms with van der Waals surface area (Å²) < 4.78 is 5.68. The zero-order valence-electron chi connectivity index (χ0n) is 15.1. The Bertz CT molecular complexity index is 1040. The SMILES string of the molecule is O=C(/C=C/c1ccc(Cl)c([N+](=O)[O-])c1)Nc1ccc(OCc2ccncc2)cc1. The van der Waals surface area contributed by atoms with Gasteiger partial charge in [0, 0.05) is 30.2 Å². The number of anilines is 1. The molecule has 1 heterocycles. The average molecular weight is 410 g/mol. The van der Waals surface area contributed by atoms with Gasteiger partial charge in [-0.25, -0.2) is 0 Å². The Hall–Kier alpha value is -3.71. The number of aromatic nitrogens is 1. The van der Waals surface area contributed by atoms with Gasteiger partial charge in [0.2, 0.25) is 5.91 Å². The Balaban J connectivity index is 1.56. The van der Waals surface area contributed by atoms with Crippen molar-refractivity contribution in [2.75, 3.05) is 5.32 Å². The van der Waals surface area contributed by atoms with Crippen LogP contribution in [0.25, 0.3) is 6.08 Å². The van der Waals surface area contributed by atoms with Crippen LogP contribution in [-0.4, -0.2) is 15.8 Å². The largest absolute Gasteiger partial charge is 0.489 e. The average Bonchev–Trinajstić information content (AvgIpc) is 2.73. The highest BCUT2D eigenvalue weighted by molar-refractivity contribution is 6.32. The van der Waals surface area contributed by atoms with Gasteiger partial charge in [-0.1, -0.05) is 17.7 Å². The van der Waals surface area contributed by atoms with Crippen LogP contribution in [-0.2, 0) is 11.4 Å². The van der Waals surface area contributed by atoms with Gasteiger partial charge in [0.15, 0.2) is 0 Å². The van der Waals surface area contributed by atoms with Crippen LogP contribution in [0, 0.1) is 10.1 Å². The van der Waals surface area contributed by atoms with Crippen LogP contribution in [0.1, 0.15) is 11.1 Å². The van der Waals surface area contributed by atoms with E-state index in [0.29, 0.717) is 23.6 Å². The first-order valence-electron chi connectivity index (χ1n) is 8.56. The zero-order chi connectivity index (χ0) is 20.6. The second-order valence-corrected chi connectivity index (χ2v) is 6.37. The van der Waals surface area contributed by atoms with E-state index in [0.717, 1.165) is 5.56 Å². The maximum atomic E-state index is 12.1. The first kappa shape index (κ1) is 20.0. The smallest absolute Gasteiger partial charge is 0.288 e. The molecule has 0 saturated carbocycles. The van der Waals surface area contributed by atoms with E-state index in [2.05, 4.69) is 10.3 Å². The molecule has 146 valence electrons. The van der Waals surface area contributed by atoms with Gasteiger partial charge >= 0.3 is 0 Å². The molecule has 3 aromatic rings. The monoisotopic (exact) mass is 409 g/mol. The number of hydrogen-bond acceptors (Lipinski definition) is 5. The number of nitro benzene ring substituents is 1. The molecule has 0 fully saturated rings. The summed E-state index contributed by atoms with van der Waals surface area (Å²) >= 11 is 5.77. The van der Waals surface area contributed by atoms with Crippen molar-refractivity contribution in [2.45, 2.75) is 6.61 Å². The standard InChI is InChI=1S/C21H16ClN3O4/c22-19-7-1-15(13-20(19)25(27)28)2-8-21(26)24-17-3-5-18(6-4-17)29-14-16-9-11-23-12-10-16/h1-13H,14H2,(H,24,26)/b8-2+. The van der Waals surface area contributed by atoms with Crippen LogP contribution in [0.3, 0.4) is 0 Å². The molecular weight excluding hydrogens is 394 g/mol. The highest BCUT2D eigenvalue weighted by Gasteiger charge is 2.11. The third kappa shape index (κ3) is 5.88. The van der Waals surface area contributed by atoms with Crippen LogP contribution in [0.15, 0.2) is 73.1 Å². The van der Waals surface area contributed by atoms with E-state index in [1.807, 2.05) is 12.1 Å². The van der Waals surface area contributed by atoms with Crippen LogP contribution in [0.4, 0.5) is 11.4 Å². The lowest BCUT2D eigenvalue weighted by molar-refractivity contribution is -0.384. The molecule has 0 aliphatic heterocycles. The first-order chi connectivity index (χ1) is 14.0. The molecule has 1 aromatic heterocycles. The highest BCUT2D eigenvalue weighted by atomic mass is 35.5. The van der Waals surface area contributed by atoms with E-state index in [1.165, 1.54) is 24.3 Å². The third-order valence-electron chi connectivity index (χ3n) is 3.87. The molecule has 0 unspecified atom stereocenters. The molecule has 7 nitrogen and oxygen atoms in total. The topological polar surface area (TPSA) is 94.4 Å². The lowest BCUT2D eigenvalue weighted by atomic mass is 10.2. The van der Waals surface area contributed by atoms with Crippen molar-refractivity contribution in [1.29, 1.82) is 0 Å². The maximum Gasteiger partial charge on any atom is 0.288 e. The molecule has 3 rings (SSSR count). The van der Waals surface area contributed by atoms with E-state index in [9.17, 15) is 14.9 Å². The Morgan fingerprint density at radius 1 is 1.14 bits per heavy atom. The van der Waals surface area contributed by atoms with E-state index in [1.54, 1.807) is 42.7 Å². The number of benzene rings is 2. The van der Waals surface area contributed by atoms with Crippen LogP contribution in [0.2, 0.25) is 5.02 Å². The van der Waals surface area contributed by atoms with E-state index < -0.39 is 4.92 Å². The summed E-state index contributed by atoms with van der Waals surface area (Å²) in [6.07, 6.45) is 6.17. The maximum absolute atomic E-state index is 12.1. The van der Waals surface area contributed by atoms with Crippen molar-refractivity contribution in [1.82, 2.24) is 4.98 Å². The van der Waals surface area contributed by atoms with Crippen molar-refractivity contribution in [3.63, 3.8) is 0 Å². The van der Waals surface area contributed by atoms with Gasteiger partial charge in [0.25, 0.3) is 5.69 Å². The van der Waals surface area contributed by atoms with Gasteiger partial charge in [-0.15, -0.1) is 0 Å². The van der Waals surface area contributed by atoms with Crippen LogP contribution < -0.4 is 10.1 Å². The summed E-state index contributed by atoms with van der Waals surface area (Å²) in [6, 6.07) is 15.0. The number of carbonyl (C=O) groups is 1. The van der Waals surface area contributed by atoms with Crippen molar-refractivity contribution in [3.8, 4) is 5.75 Å². The minimum absolute atomic E-state index is 0.0443. The molecular formula is C21H16ClN3O4. The number of pyridine rings is 1. The Morgan fingerprint density at radius 3 is 2.55 bits per heavy atom. The number of rotatable bonds is 7. The molecule has 0 radical (unpaired) electrons. The molecule has 0 aliphatic rings. The quantitative estimate of drug-likeness (QED) is 0.341. The summed E-state index contributed by atoms with van der Waals surface area (Å²) in [7, 11) is 0. The summed E-state index contributed by atoms with van der Waals surface area (Å²) in [5, 5.41) is 13.7. The van der Waals surface area contributed by atoms with Crippen molar-refractivity contribution >= 4 is 35.0 Å². The second kappa shape index (κ2) is 9.48. The molecule has 2 aromatic carbocycles. The Labute approximate surface area is 171 Å². The normalized spacial score (nSPS) is 10.7. The van der Waals surface area contributed by atoms with E-state index in [-0.39, 0.29) is 16.6 Å². The molecule has 0 spiro atoms. The fourth-order valence-electron chi connectivity index (χ4n) is 2.41. The molecule has 0 bridgehead atoms. The fourth-order valence-corrected chi connectivity index (χ4v) is 2.60. The number of nitrogens with one attached hydrogen (secondary N) is 1. The van der Waals surface area contributed by atoms with Gasteiger partial charge in [-0.3, -0.25) is 19.9 Å². The molecule has 0 aliphatic carbocycles. The van der Waals surface area contributed by atoms with Crippen LogP contribution >= 0.6 is 11.6 Å². The summed E-state index contributed by atoms with van der Waals surface area (Å²) in [5.74, 6) is 0.303. The zero-order valence-corrected chi connectivity index (χ0v) is 15.9. The predicted octanol–water partition coefficient (Wildman–Crippen LogP) is 4.87. The van der Waals surface area contributed by atoms with Gasteiger partial charge in [0.05, 0.1) is 4.92 Å². The number of carbonyl (C=O) groups excluding carboxylic acids is 1. The molecule has 1 N–H and O–H groups in total. The van der Waals surface area contributed by atoms with Gasteiger partial charge in [0.1, 0.15) is 17.4 Å². The van der Waals surface area contributed by atoms with Crippen molar-refractivity contribution in [3.05, 3.63) is 99.3 Å². The number of amides is 1. The highest BCUT2D eigenvalue weighted by Crippen LogP contribution is 2.25. The van der Waals surface area contributed by atoms with Crippen molar-refractivity contribution in [2.24, 2.45) is 0 Å². The third-order valence-corrected chi connectivity index (χ3v) is 4.19. The summed E-state index contributed by atoms with van der Waals surface area (Å²) in [4.78, 5) is 26.4. The number of hydrogen-bond donors (Lipinski definition) is 1. The molecule has 8 heteroatoms. The van der Waals surface area contributed by atoms with Crippen LogP contribution in [0.5, 0.6) is 5.75 Å². The number of nitrogens with zero attached hydrogens (tertiary/aromatic N) is 2. The number of halogens is 1. The number of nitro groups is 1. The summed E-state index contributed by atoms with van der Waals surface area (Å²) in [5.41, 5.74) is 1.88. The van der Waals surface area contributed by atoms with E-state index >= 15 is 0 Å². The molecule has 29 heavy (non-hydrogen) atoms. The van der Waals surface area contributed by atoms with Crippen molar-refractivity contribution < 1.29 is 14.5 Å². The predicted molar refractivity (Wildman–Crippen MR) is 111 cm³/mol. The Morgan fingerprint density at radius 2 is 1.86 bits per heavy atom. The van der Waals surface area contributed by atoms with Gasteiger partial charge < -0.3 is 10.1 Å². The Kier molecular flexibility index (Phi) is 6.55. The summed E-state index contributed by atoms with van der Waals surface area (Å²) in [6.45, 7) is 0.421. The first-order valence-corrected chi connectivity index (χ1v) is 8.94. The second-order valence-electron chi connectivity index (χ2n) is 5.96. The van der Waals surface area contributed by atoms with E-state index in [4.69, 9.17) is 16.3 Å². The lowest BCUT2D eigenvalue weighted by Gasteiger charge is -2.07. The fraction of sp³-hybridized carbons (Fsp3) is 0.0476.